The van der Waals surface area contributed by atoms with Gasteiger partial charge in [-0.15, -0.1) is 0 Å². The smallest absolute Gasteiger partial charge is 0.233 e. The van der Waals surface area contributed by atoms with Gasteiger partial charge in [-0.05, 0) is 24.3 Å². The number of rotatable bonds is 4. The molecule has 1 atom stereocenters. The average molecular weight is 485 g/mol. The predicted molar refractivity (Wildman–Crippen MR) is 135 cm³/mol. The van der Waals surface area contributed by atoms with Crippen molar-refractivity contribution < 1.29 is 23.5 Å². The first-order valence-corrected chi connectivity index (χ1v) is 11.8. The van der Waals surface area contributed by atoms with Gasteiger partial charge in [0.25, 0.3) is 0 Å². The largest absolute Gasteiger partial charge is 0.497 e. The maximum absolute atomic E-state index is 6.13. The average Bonchev–Trinajstić information content (AvgIpc) is 2.82. The van der Waals surface area contributed by atoms with Crippen LogP contribution in [0, 0.1) is 7.43 Å². The van der Waals surface area contributed by atoms with Crippen molar-refractivity contribution in [3.05, 3.63) is 65.1 Å². The summed E-state index contributed by atoms with van der Waals surface area (Å²) < 4.78 is 25.3. The van der Waals surface area contributed by atoms with E-state index in [1.165, 1.54) is 0 Å². The van der Waals surface area contributed by atoms with Gasteiger partial charge in [0.15, 0.2) is 11.9 Å². The standard InChI is InChI=1S/C24H25N2O4S2.CH3/c1-25-15-9-7-13(27-3)11-17(15)31-23-19(25)21(29-5)24-20(22(23)30-6)26(2)16-10-8-14(28-4)12-18(16)32-24;/h7-12,21H,1-6H3;1H3/q+1;-1. The van der Waals surface area contributed by atoms with Crippen LogP contribution in [-0.4, -0.2) is 58.9 Å². The van der Waals surface area contributed by atoms with Gasteiger partial charge in [0.05, 0.1) is 42.5 Å². The summed E-state index contributed by atoms with van der Waals surface area (Å²) in [5.41, 5.74) is 4.34. The van der Waals surface area contributed by atoms with Crippen LogP contribution in [0.3, 0.4) is 0 Å². The van der Waals surface area contributed by atoms with E-state index in [1.807, 2.05) is 12.1 Å². The lowest BCUT2D eigenvalue weighted by Crippen LogP contribution is -2.41. The minimum atomic E-state index is -0.224. The zero-order valence-electron chi connectivity index (χ0n) is 19.9. The molecule has 2 aliphatic heterocycles. The molecule has 2 aromatic rings. The Balaban J connectivity index is 0.00000259. The van der Waals surface area contributed by atoms with E-state index in [0.717, 1.165) is 59.6 Å². The highest BCUT2D eigenvalue weighted by atomic mass is 32.2. The van der Waals surface area contributed by atoms with Crippen LogP contribution < -0.4 is 14.4 Å². The molecule has 0 spiro atoms. The molecule has 0 bridgehead atoms. The second-order valence-electron chi connectivity index (χ2n) is 7.57. The molecular formula is C25H28N2O4S2. The van der Waals surface area contributed by atoms with Gasteiger partial charge in [-0.25, -0.2) is 0 Å². The highest BCUT2D eigenvalue weighted by Gasteiger charge is 2.47. The second-order valence-corrected chi connectivity index (χ2v) is 9.70. The van der Waals surface area contributed by atoms with E-state index in [-0.39, 0.29) is 13.5 Å². The third kappa shape index (κ3) is 3.52. The van der Waals surface area contributed by atoms with E-state index < -0.39 is 0 Å². The molecule has 174 valence electrons. The van der Waals surface area contributed by atoms with Crippen LogP contribution in [0.15, 0.2) is 67.5 Å². The summed E-state index contributed by atoms with van der Waals surface area (Å²) in [6, 6.07) is 12.3. The summed E-state index contributed by atoms with van der Waals surface area (Å²) in [6.45, 7) is 0. The lowest BCUT2D eigenvalue weighted by molar-refractivity contribution is -0.411. The van der Waals surface area contributed by atoms with E-state index in [9.17, 15) is 0 Å². The van der Waals surface area contributed by atoms with Gasteiger partial charge >= 0.3 is 0 Å². The van der Waals surface area contributed by atoms with Gasteiger partial charge in [-0.3, -0.25) is 0 Å². The first-order valence-electron chi connectivity index (χ1n) is 10.1. The van der Waals surface area contributed by atoms with Crippen LogP contribution in [0.5, 0.6) is 11.5 Å². The Bertz CT molecular complexity index is 1220. The molecule has 6 nitrogen and oxygen atoms in total. The van der Waals surface area contributed by atoms with Crippen molar-refractivity contribution in [3.63, 3.8) is 0 Å². The molecule has 0 saturated carbocycles. The summed E-state index contributed by atoms with van der Waals surface area (Å²) in [4.78, 5) is 6.61. The Labute approximate surface area is 203 Å². The molecule has 0 amide bonds. The zero-order valence-corrected chi connectivity index (χ0v) is 21.5. The molecule has 3 aliphatic rings. The van der Waals surface area contributed by atoms with Gasteiger partial charge in [-0.2, -0.15) is 4.58 Å². The van der Waals surface area contributed by atoms with Gasteiger partial charge in [0.2, 0.25) is 11.4 Å². The summed E-state index contributed by atoms with van der Waals surface area (Å²) in [6.07, 6.45) is -0.224. The minimum absolute atomic E-state index is 0. The maximum atomic E-state index is 6.13. The number of hydrogen-bond acceptors (Lipinski definition) is 7. The van der Waals surface area contributed by atoms with Crippen molar-refractivity contribution in [2.75, 3.05) is 47.4 Å². The van der Waals surface area contributed by atoms with Crippen LogP contribution >= 0.6 is 23.5 Å². The van der Waals surface area contributed by atoms with Crippen molar-refractivity contribution in [2.24, 2.45) is 0 Å². The molecule has 5 rings (SSSR count). The lowest BCUT2D eigenvalue weighted by atomic mass is 10.0. The first-order chi connectivity index (χ1) is 15.5. The van der Waals surface area contributed by atoms with Crippen LogP contribution in [0.1, 0.15) is 0 Å². The van der Waals surface area contributed by atoms with E-state index in [2.05, 4.69) is 47.8 Å². The molecule has 33 heavy (non-hydrogen) atoms. The Morgan fingerprint density at radius 1 is 0.879 bits per heavy atom. The fraction of sp³-hybridized carbons (Fsp3) is 0.280. The molecule has 0 radical (unpaired) electrons. The highest BCUT2D eigenvalue weighted by molar-refractivity contribution is 8.04. The van der Waals surface area contributed by atoms with Crippen LogP contribution in [-0.2, 0) is 9.47 Å². The molecule has 1 aliphatic carbocycles. The van der Waals surface area contributed by atoms with Crippen molar-refractivity contribution in [2.45, 2.75) is 15.9 Å². The van der Waals surface area contributed by atoms with Crippen molar-refractivity contribution in [1.82, 2.24) is 0 Å². The summed E-state index contributed by atoms with van der Waals surface area (Å²) in [5.74, 6) is 2.52. The van der Waals surface area contributed by atoms with Gasteiger partial charge in [0, 0.05) is 31.2 Å². The third-order valence-electron chi connectivity index (χ3n) is 6.00. The second kappa shape index (κ2) is 9.00. The number of likely N-dealkylation sites (N-methyl/N-ethyl adjacent to an activating group) is 1. The van der Waals surface area contributed by atoms with E-state index in [0.29, 0.717) is 0 Å². The molecule has 0 aromatic heterocycles. The quantitative estimate of drug-likeness (QED) is 0.430. The van der Waals surface area contributed by atoms with E-state index >= 15 is 0 Å². The maximum Gasteiger partial charge on any atom is 0.233 e. The molecule has 8 heteroatoms. The van der Waals surface area contributed by atoms with E-state index in [1.54, 1.807) is 52.0 Å². The Kier molecular flexibility index (Phi) is 6.44. The summed E-state index contributed by atoms with van der Waals surface area (Å²) in [7, 11) is 11.0. The number of hydrogen-bond donors (Lipinski definition) is 0. The molecule has 0 saturated heterocycles. The van der Waals surface area contributed by atoms with Crippen molar-refractivity contribution in [1.29, 1.82) is 0 Å². The predicted octanol–water partition coefficient (Wildman–Crippen LogP) is 5.31. The van der Waals surface area contributed by atoms with Crippen molar-refractivity contribution >= 4 is 40.6 Å². The van der Waals surface area contributed by atoms with Gasteiger partial charge < -0.3 is 31.3 Å². The Hall–Kier alpha value is -2.55. The lowest BCUT2D eigenvalue weighted by Gasteiger charge is -2.39. The molecule has 2 heterocycles. The SMILES string of the molecule is COC1=C2Sc3cc(OC)ccc3[N+](C)=C2C(OC)C2=C1N(C)c1ccc(OC)cc1S2.[CH3-]. The normalized spacial score (nSPS) is 18.7. The molecule has 2 aromatic carbocycles. The number of anilines is 1. The molecular weight excluding hydrogens is 456 g/mol. The summed E-state index contributed by atoms with van der Waals surface area (Å²) in [5, 5.41) is 0. The van der Waals surface area contributed by atoms with E-state index in [4.69, 9.17) is 18.9 Å². The zero-order chi connectivity index (χ0) is 22.6. The number of methoxy groups -OCH3 is 4. The number of fused-ring (bicyclic) bond motifs is 3. The fourth-order valence-electron chi connectivity index (χ4n) is 4.40. The number of thioether (sulfide) groups is 2. The highest BCUT2D eigenvalue weighted by Crippen LogP contribution is 2.54. The van der Waals surface area contributed by atoms with Gasteiger partial charge in [-0.1, -0.05) is 23.5 Å². The fourth-order valence-corrected chi connectivity index (χ4v) is 7.09. The number of nitrogens with zero attached hydrogens (tertiary/aromatic N) is 2. The monoisotopic (exact) mass is 484 g/mol. The van der Waals surface area contributed by atoms with Crippen molar-refractivity contribution in [3.8, 4) is 11.5 Å². The van der Waals surface area contributed by atoms with Gasteiger partial charge in [0.1, 0.15) is 23.5 Å². The third-order valence-corrected chi connectivity index (χ3v) is 8.32. The molecule has 0 fully saturated rings. The van der Waals surface area contributed by atoms with Crippen LogP contribution in [0.25, 0.3) is 0 Å². The number of benzene rings is 2. The molecule has 1 unspecified atom stereocenters. The Morgan fingerprint density at radius 3 is 2.18 bits per heavy atom. The summed E-state index contributed by atoms with van der Waals surface area (Å²) >= 11 is 3.41. The van der Waals surface area contributed by atoms with Crippen LogP contribution in [0.2, 0.25) is 0 Å². The first kappa shape index (κ1) is 23.6. The van der Waals surface area contributed by atoms with Crippen LogP contribution in [0.4, 0.5) is 11.4 Å². The number of ether oxygens (including phenoxy) is 4. The Morgan fingerprint density at radius 2 is 1.55 bits per heavy atom. The topological polar surface area (TPSA) is 43.2 Å². The minimum Gasteiger partial charge on any atom is -0.497 e. The molecule has 0 N–H and O–H groups in total.